The molecule has 1 N–H and O–H groups in total. The molecule has 0 aromatic heterocycles. The highest BCUT2D eigenvalue weighted by Crippen LogP contribution is 2.11. The molecule has 13 heavy (non-hydrogen) atoms. The molecule has 1 amide bonds. The molecule has 2 atom stereocenters. The minimum Gasteiger partial charge on any atom is -0.368 e. The maximum absolute atomic E-state index is 11.3. The topological polar surface area (TPSA) is 62.1 Å². The van der Waals surface area contributed by atoms with Crippen LogP contribution in [0.5, 0.6) is 0 Å². The fraction of sp³-hybridized carbons (Fsp3) is 0.778. The van der Waals surface area contributed by atoms with Gasteiger partial charge in [-0.15, -0.1) is 0 Å². The number of nitrogens with one attached hydrogen (secondary N) is 1. The van der Waals surface area contributed by atoms with Crippen LogP contribution in [-0.4, -0.2) is 24.7 Å². The minimum atomic E-state index is -0.406. The quantitative estimate of drug-likeness (QED) is 0.688. The summed E-state index contributed by atoms with van der Waals surface area (Å²) in [6.45, 7) is 4.45. The van der Waals surface area contributed by atoms with Gasteiger partial charge in [-0.3, -0.25) is 4.79 Å². The van der Waals surface area contributed by atoms with Gasteiger partial charge in [0.2, 0.25) is 5.91 Å². The van der Waals surface area contributed by atoms with Gasteiger partial charge in [0.1, 0.15) is 12.1 Å². The zero-order valence-corrected chi connectivity index (χ0v) is 7.91. The standard InChI is InChI=1S/C9H14N2O2/c1-6(2)7(5-10)11-9(12)8-3-4-13-8/h6-8H,3-4H2,1-2H3,(H,11,12)/t7-,8?/m1/s1. The van der Waals surface area contributed by atoms with Crippen LogP contribution in [0.15, 0.2) is 0 Å². The van der Waals surface area contributed by atoms with E-state index >= 15 is 0 Å². The van der Waals surface area contributed by atoms with Crippen LogP contribution in [0.25, 0.3) is 0 Å². The Balaban J connectivity index is 2.37. The molecule has 1 heterocycles. The molecule has 0 aliphatic carbocycles. The van der Waals surface area contributed by atoms with Crippen molar-refractivity contribution >= 4 is 5.91 Å². The first-order chi connectivity index (χ1) is 6.15. The molecule has 1 fully saturated rings. The highest BCUT2D eigenvalue weighted by Gasteiger charge is 2.28. The lowest BCUT2D eigenvalue weighted by atomic mass is 10.0. The average molecular weight is 182 g/mol. The second-order valence-corrected chi connectivity index (χ2v) is 3.51. The summed E-state index contributed by atoms with van der Waals surface area (Å²) in [4.78, 5) is 11.3. The van der Waals surface area contributed by atoms with Crippen molar-refractivity contribution in [3.8, 4) is 6.07 Å². The molecular weight excluding hydrogens is 168 g/mol. The summed E-state index contributed by atoms with van der Waals surface area (Å²) in [6.07, 6.45) is 0.442. The van der Waals surface area contributed by atoms with Gasteiger partial charge in [0.15, 0.2) is 0 Å². The van der Waals surface area contributed by atoms with Crippen molar-refractivity contribution in [2.45, 2.75) is 32.4 Å². The van der Waals surface area contributed by atoms with Gasteiger partial charge in [-0.25, -0.2) is 0 Å². The summed E-state index contributed by atoms with van der Waals surface area (Å²) in [5.74, 6) is -0.0273. The van der Waals surface area contributed by atoms with Crippen LogP contribution >= 0.6 is 0 Å². The van der Waals surface area contributed by atoms with Gasteiger partial charge in [-0.05, 0) is 5.92 Å². The van der Waals surface area contributed by atoms with Gasteiger partial charge in [-0.2, -0.15) is 5.26 Å². The number of ether oxygens (including phenoxy) is 1. The fourth-order valence-electron chi connectivity index (χ4n) is 1.04. The maximum atomic E-state index is 11.3. The molecule has 4 heteroatoms. The van der Waals surface area contributed by atoms with Crippen LogP contribution in [0.1, 0.15) is 20.3 Å². The lowest BCUT2D eigenvalue weighted by molar-refractivity contribution is -0.145. The Morgan fingerprint density at radius 3 is 2.62 bits per heavy atom. The molecule has 0 aromatic carbocycles. The third kappa shape index (κ3) is 2.43. The molecule has 1 saturated heterocycles. The number of carbonyl (C=O) groups is 1. The first kappa shape index (κ1) is 10.0. The summed E-state index contributed by atoms with van der Waals surface area (Å²) >= 11 is 0. The zero-order chi connectivity index (χ0) is 9.84. The van der Waals surface area contributed by atoms with Crippen molar-refractivity contribution in [3.05, 3.63) is 0 Å². The maximum Gasteiger partial charge on any atom is 0.250 e. The Hall–Kier alpha value is -1.08. The van der Waals surface area contributed by atoms with Gasteiger partial charge in [0.25, 0.3) is 0 Å². The molecule has 0 aromatic rings. The van der Waals surface area contributed by atoms with E-state index in [1.54, 1.807) is 0 Å². The SMILES string of the molecule is CC(C)[C@@H](C#N)NC(=O)C1CCO1. The van der Waals surface area contributed by atoms with Crippen molar-refractivity contribution < 1.29 is 9.53 Å². The summed E-state index contributed by atoms with van der Waals surface area (Å²) in [5.41, 5.74) is 0. The van der Waals surface area contributed by atoms with E-state index in [1.165, 1.54) is 0 Å². The average Bonchev–Trinajstić information content (AvgIpc) is 1.96. The summed E-state index contributed by atoms with van der Waals surface area (Å²) in [6, 6.07) is 1.64. The Labute approximate surface area is 77.9 Å². The Morgan fingerprint density at radius 1 is 1.69 bits per heavy atom. The fourth-order valence-corrected chi connectivity index (χ4v) is 1.04. The third-order valence-corrected chi connectivity index (χ3v) is 2.10. The van der Waals surface area contributed by atoms with Crippen LogP contribution in [-0.2, 0) is 9.53 Å². The predicted molar refractivity (Wildman–Crippen MR) is 46.7 cm³/mol. The monoisotopic (exact) mass is 182 g/mol. The molecule has 72 valence electrons. The van der Waals surface area contributed by atoms with Gasteiger partial charge in [0, 0.05) is 6.42 Å². The van der Waals surface area contributed by atoms with Crippen LogP contribution in [0.4, 0.5) is 0 Å². The van der Waals surface area contributed by atoms with Gasteiger partial charge in [-0.1, -0.05) is 13.8 Å². The van der Waals surface area contributed by atoms with E-state index in [9.17, 15) is 4.79 Å². The summed E-state index contributed by atoms with van der Waals surface area (Å²) in [5, 5.41) is 11.4. The van der Waals surface area contributed by atoms with E-state index in [2.05, 4.69) is 5.32 Å². The van der Waals surface area contributed by atoms with E-state index in [1.807, 2.05) is 19.9 Å². The van der Waals surface area contributed by atoms with Gasteiger partial charge >= 0.3 is 0 Å². The van der Waals surface area contributed by atoms with Gasteiger partial charge < -0.3 is 10.1 Å². The molecule has 0 radical (unpaired) electrons. The van der Waals surface area contributed by atoms with Crippen molar-refractivity contribution in [2.24, 2.45) is 5.92 Å². The second kappa shape index (κ2) is 4.24. The van der Waals surface area contributed by atoms with Crippen molar-refractivity contribution in [2.75, 3.05) is 6.61 Å². The van der Waals surface area contributed by atoms with Crippen LogP contribution in [0.2, 0.25) is 0 Å². The van der Waals surface area contributed by atoms with Gasteiger partial charge in [0.05, 0.1) is 12.7 Å². The zero-order valence-electron chi connectivity index (χ0n) is 7.91. The molecule has 0 saturated carbocycles. The predicted octanol–water partition coefficient (Wildman–Crippen LogP) is 0.440. The molecule has 4 nitrogen and oxygen atoms in total. The van der Waals surface area contributed by atoms with Crippen LogP contribution in [0.3, 0.4) is 0 Å². The second-order valence-electron chi connectivity index (χ2n) is 3.51. The van der Waals surface area contributed by atoms with E-state index in [0.29, 0.717) is 6.61 Å². The Morgan fingerprint density at radius 2 is 2.31 bits per heavy atom. The molecule has 1 aliphatic rings. The van der Waals surface area contributed by atoms with Crippen molar-refractivity contribution in [1.82, 2.24) is 5.32 Å². The third-order valence-electron chi connectivity index (χ3n) is 2.10. The van der Waals surface area contributed by atoms with E-state index in [0.717, 1.165) is 6.42 Å². The molecular formula is C9H14N2O2. The number of hydrogen-bond donors (Lipinski definition) is 1. The number of rotatable bonds is 3. The molecule has 1 unspecified atom stereocenters. The molecule has 0 spiro atoms. The van der Waals surface area contributed by atoms with E-state index in [-0.39, 0.29) is 17.9 Å². The Kier molecular flexibility index (Phi) is 3.26. The largest absolute Gasteiger partial charge is 0.368 e. The Bertz CT molecular complexity index is 228. The normalized spacial score (nSPS) is 23.1. The highest BCUT2D eigenvalue weighted by atomic mass is 16.5. The number of amides is 1. The smallest absolute Gasteiger partial charge is 0.250 e. The summed E-state index contributed by atoms with van der Waals surface area (Å²) < 4.78 is 5.00. The molecule has 1 rings (SSSR count). The van der Waals surface area contributed by atoms with E-state index < -0.39 is 6.04 Å². The molecule has 0 bridgehead atoms. The number of nitriles is 1. The van der Waals surface area contributed by atoms with Crippen LogP contribution < -0.4 is 5.32 Å². The highest BCUT2D eigenvalue weighted by molar-refractivity contribution is 5.82. The number of nitrogens with zero attached hydrogens (tertiary/aromatic N) is 1. The molecule has 1 aliphatic heterocycles. The van der Waals surface area contributed by atoms with Crippen molar-refractivity contribution in [3.63, 3.8) is 0 Å². The number of hydrogen-bond acceptors (Lipinski definition) is 3. The number of carbonyl (C=O) groups excluding carboxylic acids is 1. The first-order valence-corrected chi connectivity index (χ1v) is 4.46. The lowest BCUT2D eigenvalue weighted by Crippen LogP contribution is -2.48. The van der Waals surface area contributed by atoms with Crippen LogP contribution in [0, 0.1) is 17.2 Å². The lowest BCUT2D eigenvalue weighted by Gasteiger charge is -2.26. The summed E-state index contributed by atoms with van der Waals surface area (Å²) in [7, 11) is 0. The minimum absolute atomic E-state index is 0.133. The van der Waals surface area contributed by atoms with E-state index in [4.69, 9.17) is 10.00 Å². The first-order valence-electron chi connectivity index (χ1n) is 4.46. The van der Waals surface area contributed by atoms with Crippen molar-refractivity contribution in [1.29, 1.82) is 5.26 Å².